The van der Waals surface area contributed by atoms with Crippen LogP contribution in [0.4, 0.5) is 0 Å². The molecule has 0 amide bonds. The van der Waals surface area contributed by atoms with E-state index >= 15 is 0 Å². The lowest BCUT2D eigenvalue weighted by Gasteiger charge is -2.35. The molecule has 1 aromatic carbocycles. The Morgan fingerprint density at radius 1 is 1.11 bits per heavy atom. The molecule has 3 heteroatoms. The fourth-order valence-electron chi connectivity index (χ4n) is 2.71. The zero-order valence-corrected chi connectivity index (χ0v) is 12.3. The molecule has 0 radical (unpaired) electrons. The van der Waals surface area contributed by atoms with E-state index < -0.39 is 0 Å². The van der Waals surface area contributed by atoms with Crippen molar-refractivity contribution in [3.63, 3.8) is 0 Å². The Hall–Kier alpha value is -0.540. The fourth-order valence-corrected chi connectivity index (χ4v) is 2.97. The van der Waals surface area contributed by atoms with Gasteiger partial charge in [-0.2, -0.15) is 0 Å². The SMILES string of the molecule is OCC1(CCOc2ccc(Br)cc2)CCCCC1. The highest BCUT2D eigenvalue weighted by Crippen LogP contribution is 2.38. The summed E-state index contributed by atoms with van der Waals surface area (Å²) in [6.07, 6.45) is 7.06. The lowest BCUT2D eigenvalue weighted by molar-refractivity contribution is 0.0585. The summed E-state index contributed by atoms with van der Waals surface area (Å²) in [4.78, 5) is 0. The number of rotatable bonds is 5. The van der Waals surface area contributed by atoms with Crippen molar-refractivity contribution in [2.45, 2.75) is 38.5 Å². The second kappa shape index (κ2) is 6.58. The first-order valence-corrected chi connectivity index (χ1v) is 7.53. The predicted molar refractivity (Wildman–Crippen MR) is 76.9 cm³/mol. The van der Waals surface area contributed by atoms with Crippen LogP contribution in [-0.4, -0.2) is 18.3 Å². The van der Waals surface area contributed by atoms with Gasteiger partial charge < -0.3 is 9.84 Å². The van der Waals surface area contributed by atoms with Crippen LogP contribution in [0.25, 0.3) is 0 Å². The van der Waals surface area contributed by atoms with Gasteiger partial charge in [0.25, 0.3) is 0 Å². The summed E-state index contributed by atoms with van der Waals surface area (Å²) < 4.78 is 6.82. The molecule has 2 rings (SSSR count). The molecular formula is C15H21BrO2. The topological polar surface area (TPSA) is 29.5 Å². The van der Waals surface area contributed by atoms with E-state index in [1.165, 1.54) is 19.3 Å². The highest BCUT2D eigenvalue weighted by atomic mass is 79.9. The Morgan fingerprint density at radius 2 is 1.78 bits per heavy atom. The van der Waals surface area contributed by atoms with E-state index in [1.807, 2.05) is 24.3 Å². The van der Waals surface area contributed by atoms with Crippen LogP contribution >= 0.6 is 15.9 Å². The Bertz CT molecular complexity index is 355. The third kappa shape index (κ3) is 3.72. The van der Waals surface area contributed by atoms with E-state index in [4.69, 9.17) is 4.74 Å². The largest absolute Gasteiger partial charge is 0.494 e. The summed E-state index contributed by atoms with van der Waals surface area (Å²) in [7, 11) is 0. The fraction of sp³-hybridized carbons (Fsp3) is 0.600. The van der Waals surface area contributed by atoms with Gasteiger partial charge in [0.1, 0.15) is 5.75 Å². The Morgan fingerprint density at radius 3 is 2.39 bits per heavy atom. The van der Waals surface area contributed by atoms with Crippen molar-refractivity contribution in [3.8, 4) is 5.75 Å². The molecule has 18 heavy (non-hydrogen) atoms. The number of benzene rings is 1. The highest BCUT2D eigenvalue weighted by Gasteiger charge is 2.31. The van der Waals surface area contributed by atoms with E-state index in [0.717, 1.165) is 29.5 Å². The van der Waals surface area contributed by atoms with Gasteiger partial charge in [0.15, 0.2) is 0 Å². The van der Waals surface area contributed by atoms with Gasteiger partial charge in [0.05, 0.1) is 6.61 Å². The minimum Gasteiger partial charge on any atom is -0.494 e. The number of halogens is 1. The van der Waals surface area contributed by atoms with E-state index in [2.05, 4.69) is 15.9 Å². The average Bonchev–Trinajstić information content (AvgIpc) is 2.42. The van der Waals surface area contributed by atoms with Crippen LogP contribution in [0.2, 0.25) is 0 Å². The van der Waals surface area contributed by atoms with Crippen molar-refractivity contribution >= 4 is 15.9 Å². The molecule has 1 N–H and O–H groups in total. The molecule has 1 aliphatic rings. The molecule has 0 atom stereocenters. The normalized spacial score (nSPS) is 18.6. The maximum atomic E-state index is 9.61. The molecule has 0 bridgehead atoms. The average molecular weight is 313 g/mol. The quantitative estimate of drug-likeness (QED) is 0.884. The van der Waals surface area contributed by atoms with E-state index in [1.54, 1.807) is 0 Å². The van der Waals surface area contributed by atoms with Crippen molar-refractivity contribution in [2.24, 2.45) is 5.41 Å². The van der Waals surface area contributed by atoms with Crippen LogP contribution in [0.1, 0.15) is 38.5 Å². The van der Waals surface area contributed by atoms with Gasteiger partial charge in [-0.05, 0) is 48.9 Å². The van der Waals surface area contributed by atoms with Crippen LogP contribution in [0.15, 0.2) is 28.7 Å². The lowest BCUT2D eigenvalue weighted by atomic mass is 9.72. The second-order valence-corrected chi connectivity index (χ2v) is 6.19. The van der Waals surface area contributed by atoms with Crippen LogP contribution in [0.5, 0.6) is 5.75 Å². The molecular weight excluding hydrogens is 292 g/mol. The van der Waals surface area contributed by atoms with E-state index in [-0.39, 0.29) is 5.41 Å². The number of hydrogen-bond acceptors (Lipinski definition) is 2. The summed E-state index contributed by atoms with van der Waals surface area (Å²) in [5.41, 5.74) is 0.119. The first kappa shape index (κ1) is 13.9. The van der Waals surface area contributed by atoms with Gasteiger partial charge in [0.2, 0.25) is 0 Å². The zero-order chi connectivity index (χ0) is 12.8. The molecule has 0 heterocycles. The van der Waals surface area contributed by atoms with E-state index in [0.29, 0.717) is 13.2 Å². The highest BCUT2D eigenvalue weighted by molar-refractivity contribution is 9.10. The molecule has 0 aromatic heterocycles. The first-order chi connectivity index (χ1) is 8.74. The van der Waals surface area contributed by atoms with Crippen LogP contribution in [0.3, 0.4) is 0 Å². The molecule has 0 unspecified atom stereocenters. The van der Waals surface area contributed by atoms with Crippen molar-refractivity contribution in [2.75, 3.05) is 13.2 Å². The molecule has 0 spiro atoms. The minimum absolute atomic E-state index is 0.119. The number of aliphatic hydroxyl groups excluding tert-OH is 1. The van der Waals surface area contributed by atoms with Crippen molar-refractivity contribution in [3.05, 3.63) is 28.7 Å². The summed E-state index contributed by atoms with van der Waals surface area (Å²) in [5, 5.41) is 9.61. The van der Waals surface area contributed by atoms with Crippen LogP contribution in [-0.2, 0) is 0 Å². The molecule has 1 saturated carbocycles. The summed E-state index contributed by atoms with van der Waals surface area (Å²) >= 11 is 3.41. The second-order valence-electron chi connectivity index (χ2n) is 5.27. The van der Waals surface area contributed by atoms with Gasteiger partial charge in [0, 0.05) is 11.1 Å². The number of ether oxygens (including phenoxy) is 1. The van der Waals surface area contributed by atoms with Crippen LogP contribution < -0.4 is 4.74 Å². The Labute approximate surface area is 117 Å². The maximum Gasteiger partial charge on any atom is 0.119 e. The Balaban J connectivity index is 1.81. The monoisotopic (exact) mass is 312 g/mol. The molecule has 1 fully saturated rings. The van der Waals surface area contributed by atoms with Crippen molar-refractivity contribution < 1.29 is 9.84 Å². The van der Waals surface area contributed by atoms with Crippen molar-refractivity contribution in [1.82, 2.24) is 0 Å². The summed E-state index contributed by atoms with van der Waals surface area (Å²) in [5.74, 6) is 0.905. The zero-order valence-electron chi connectivity index (χ0n) is 10.7. The number of hydrogen-bond donors (Lipinski definition) is 1. The molecule has 1 aliphatic carbocycles. The molecule has 100 valence electrons. The molecule has 0 saturated heterocycles. The Kier molecular flexibility index (Phi) is 5.07. The molecule has 1 aromatic rings. The van der Waals surface area contributed by atoms with E-state index in [9.17, 15) is 5.11 Å². The first-order valence-electron chi connectivity index (χ1n) is 6.73. The predicted octanol–water partition coefficient (Wildman–Crippen LogP) is 4.16. The van der Waals surface area contributed by atoms with Gasteiger partial charge in [-0.15, -0.1) is 0 Å². The smallest absolute Gasteiger partial charge is 0.119 e. The molecule has 2 nitrogen and oxygen atoms in total. The minimum atomic E-state index is 0.119. The summed E-state index contributed by atoms with van der Waals surface area (Å²) in [6.45, 7) is 0.999. The van der Waals surface area contributed by atoms with Gasteiger partial charge in [-0.1, -0.05) is 35.2 Å². The van der Waals surface area contributed by atoms with Gasteiger partial charge in [-0.25, -0.2) is 0 Å². The third-order valence-electron chi connectivity index (χ3n) is 3.96. The lowest BCUT2D eigenvalue weighted by Crippen LogP contribution is -2.30. The summed E-state index contributed by atoms with van der Waals surface area (Å²) in [6, 6.07) is 7.91. The van der Waals surface area contributed by atoms with Gasteiger partial charge >= 0.3 is 0 Å². The van der Waals surface area contributed by atoms with Crippen LogP contribution in [0, 0.1) is 5.41 Å². The third-order valence-corrected chi connectivity index (χ3v) is 4.49. The maximum absolute atomic E-state index is 9.61. The number of aliphatic hydroxyl groups is 1. The van der Waals surface area contributed by atoms with Gasteiger partial charge in [-0.3, -0.25) is 0 Å². The van der Waals surface area contributed by atoms with Crippen molar-refractivity contribution in [1.29, 1.82) is 0 Å². The molecule has 0 aliphatic heterocycles. The standard InChI is InChI=1S/C15H21BrO2/c16-13-4-6-14(7-5-13)18-11-10-15(12-17)8-2-1-3-9-15/h4-7,17H,1-3,8-12H2.